The van der Waals surface area contributed by atoms with E-state index in [1.165, 1.54) is 0 Å². The first-order chi connectivity index (χ1) is 14.7. The summed E-state index contributed by atoms with van der Waals surface area (Å²) in [6, 6.07) is 21.4. The molecular formula is C23H21N5OS. The molecule has 150 valence electrons. The van der Waals surface area contributed by atoms with Crippen molar-refractivity contribution in [3.63, 3.8) is 0 Å². The predicted octanol–water partition coefficient (Wildman–Crippen LogP) is 3.34. The Labute approximate surface area is 179 Å². The number of nitrogens with zero attached hydrogens (tertiary/aromatic N) is 4. The molecule has 0 radical (unpaired) electrons. The van der Waals surface area contributed by atoms with Crippen molar-refractivity contribution in [2.24, 2.45) is 10.9 Å². The molecule has 0 aliphatic carbocycles. The normalized spacial score (nSPS) is 22.9. The van der Waals surface area contributed by atoms with Gasteiger partial charge in [-0.05, 0) is 23.8 Å². The number of aromatic nitrogens is 2. The fourth-order valence-corrected chi connectivity index (χ4v) is 5.29. The molecule has 1 aromatic heterocycles. The summed E-state index contributed by atoms with van der Waals surface area (Å²) in [5, 5.41) is 3.69. The first-order valence-electron chi connectivity index (χ1n) is 9.91. The van der Waals surface area contributed by atoms with Crippen molar-refractivity contribution < 1.29 is 4.79 Å². The van der Waals surface area contributed by atoms with Crippen LogP contribution < -0.4 is 10.2 Å². The van der Waals surface area contributed by atoms with E-state index in [2.05, 4.69) is 32.3 Å². The largest absolute Gasteiger partial charge is 0.338 e. The quantitative estimate of drug-likeness (QED) is 0.710. The molecule has 0 bridgehead atoms. The minimum Gasteiger partial charge on any atom is -0.338 e. The van der Waals surface area contributed by atoms with Gasteiger partial charge in [0.25, 0.3) is 5.91 Å². The number of amidine groups is 1. The number of carbonyl (C=O) groups is 1. The van der Waals surface area contributed by atoms with E-state index < -0.39 is 5.54 Å². The number of aliphatic imine (C=N–C) groups is 1. The summed E-state index contributed by atoms with van der Waals surface area (Å²) in [6.07, 6.45) is 3.53. The zero-order chi connectivity index (χ0) is 20.4. The first kappa shape index (κ1) is 18.8. The molecule has 2 atom stereocenters. The van der Waals surface area contributed by atoms with Gasteiger partial charge in [0.05, 0.1) is 6.54 Å². The Morgan fingerprint density at radius 1 is 1.00 bits per heavy atom. The number of nitrogens with one attached hydrogen (secondary N) is 1. The molecular weight excluding hydrogens is 394 g/mol. The number of fused-ring (bicyclic) bond motifs is 1. The fraction of sp³-hybridized carbons (Fsp3) is 0.217. The number of hydrogen-bond acceptors (Lipinski definition) is 6. The number of hydrogen-bond donors (Lipinski definition) is 1. The summed E-state index contributed by atoms with van der Waals surface area (Å²) in [5.41, 5.74) is 1.34. The minimum absolute atomic E-state index is 0.134. The van der Waals surface area contributed by atoms with Gasteiger partial charge in [0.2, 0.25) is 5.95 Å². The molecule has 5 rings (SSSR count). The Morgan fingerprint density at radius 2 is 1.70 bits per heavy atom. The van der Waals surface area contributed by atoms with Crippen molar-refractivity contribution in [1.29, 1.82) is 0 Å². The smallest absolute Gasteiger partial charge is 0.257 e. The van der Waals surface area contributed by atoms with E-state index in [-0.39, 0.29) is 5.91 Å². The van der Waals surface area contributed by atoms with Crippen molar-refractivity contribution in [3.8, 4) is 0 Å². The van der Waals surface area contributed by atoms with Gasteiger partial charge in [0.15, 0.2) is 5.17 Å². The molecule has 2 aliphatic rings. The van der Waals surface area contributed by atoms with Crippen LogP contribution in [0.15, 0.2) is 84.1 Å². The number of benzene rings is 2. The number of thioether (sulfide) groups is 1. The van der Waals surface area contributed by atoms with E-state index in [9.17, 15) is 4.79 Å². The number of amides is 1. The van der Waals surface area contributed by atoms with Crippen molar-refractivity contribution in [1.82, 2.24) is 15.3 Å². The Balaban J connectivity index is 1.49. The van der Waals surface area contributed by atoms with Crippen LogP contribution in [0.2, 0.25) is 0 Å². The molecule has 7 heteroatoms. The Hall–Kier alpha value is -3.19. The highest BCUT2D eigenvalue weighted by Crippen LogP contribution is 2.46. The highest BCUT2D eigenvalue weighted by Gasteiger charge is 2.51. The van der Waals surface area contributed by atoms with Crippen LogP contribution in [0.4, 0.5) is 5.95 Å². The van der Waals surface area contributed by atoms with E-state index in [1.54, 1.807) is 24.2 Å². The van der Waals surface area contributed by atoms with Crippen LogP contribution in [0, 0.1) is 5.92 Å². The van der Waals surface area contributed by atoms with Gasteiger partial charge in [-0.25, -0.2) is 15.0 Å². The molecule has 3 heterocycles. The Kier molecular flexibility index (Phi) is 4.96. The summed E-state index contributed by atoms with van der Waals surface area (Å²) < 4.78 is 0. The monoisotopic (exact) mass is 415 g/mol. The van der Waals surface area contributed by atoms with Crippen molar-refractivity contribution in [2.75, 3.05) is 23.7 Å². The molecule has 2 aliphatic heterocycles. The maximum atomic E-state index is 12.7. The topological polar surface area (TPSA) is 70.5 Å². The molecule has 3 aromatic rings. The van der Waals surface area contributed by atoms with Crippen LogP contribution in [0.25, 0.3) is 0 Å². The van der Waals surface area contributed by atoms with Crippen molar-refractivity contribution >= 4 is 28.8 Å². The molecule has 1 amide bonds. The lowest BCUT2D eigenvalue weighted by molar-refractivity contribution is 0.0977. The van der Waals surface area contributed by atoms with E-state index in [0.29, 0.717) is 23.2 Å². The molecule has 0 saturated carbocycles. The van der Waals surface area contributed by atoms with Gasteiger partial charge < -0.3 is 10.2 Å². The summed E-state index contributed by atoms with van der Waals surface area (Å²) in [6.45, 7) is 1.51. The van der Waals surface area contributed by atoms with Crippen LogP contribution in [-0.4, -0.2) is 39.9 Å². The summed E-state index contributed by atoms with van der Waals surface area (Å²) >= 11 is 1.60. The highest BCUT2D eigenvalue weighted by molar-refractivity contribution is 8.13. The van der Waals surface area contributed by atoms with Gasteiger partial charge in [-0.15, -0.1) is 0 Å². The second-order valence-electron chi connectivity index (χ2n) is 7.46. The number of anilines is 1. The molecule has 2 aromatic carbocycles. The molecule has 1 N–H and O–H groups in total. The fourth-order valence-electron chi connectivity index (χ4n) is 4.16. The Morgan fingerprint density at radius 3 is 2.43 bits per heavy atom. The van der Waals surface area contributed by atoms with Crippen LogP contribution in [0.5, 0.6) is 0 Å². The SMILES string of the molecule is O=C(NC1=NC2(c3ccccc3)CN(c3ncccn3)CC2CS1)c1ccccc1. The Bertz CT molecular complexity index is 1060. The van der Waals surface area contributed by atoms with E-state index in [0.717, 1.165) is 23.8 Å². The van der Waals surface area contributed by atoms with Gasteiger partial charge in [-0.2, -0.15) is 0 Å². The van der Waals surface area contributed by atoms with Gasteiger partial charge in [-0.1, -0.05) is 60.3 Å². The summed E-state index contributed by atoms with van der Waals surface area (Å²) in [7, 11) is 0. The summed E-state index contributed by atoms with van der Waals surface area (Å²) in [4.78, 5) is 28.9. The lowest BCUT2D eigenvalue weighted by atomic mass is 9.82. The second-order valence-corrected chi connectivity index (χ2v) is 8.47. The van der Waals surface area contributed by atoms with E-state index >= 15 is 0 Å². The second kappa shape index (κ2) is 7.91. The molecule has 6 nitrogen and oxygen atoms in total. The van der Waals surface area contributed by atoms with Gasteiger partial charge in [0.1, 0.15) is 5.54 Å². The van der Waals surface area contributed by atoms with Crippen molar-refractivity contribution in [2.45, 2.75) is 5.54 Å². The predicted molar refractivity (Wildman–Crippen MR) is 120 cm³/mol. The molecule has 30 heavy (non-hydrogen) atoms. The molecule has 0 spiro atoms. The zero-order valence-corrected chi connectivity index (χ0v) is 17.1. The van der Waals surface area contributed by atoms with Gasteiger partial charge >= 0.3 is 0 Å². The first-order valence-corrected chi connectivity index (χ1v) is 10.9. The zero-order valence-electron chi connectivity index (χ0n) is 16.3. The maximum Gasteiger partial charge on any atom is 0.257 e. The molecule has 1 fully saturated rings. The third-order valence-electron chi connectivity index (χ3n) is 5.64. The van der Waals surface area contributed by atoms with Gasteiger partial charge in [-0.3, -0.25) is 4.79 Å². The third-order valence-corrected chi connectivity index (χ3v) is 6.67. The average molecular weight is 416 g/mol. The third kappa shape index (κ3) is 3.45. The highest BCUT2D eigenvalue weighted by atomic mass is 32.2. The lowest BCUT2D eigenvalue weighted by Gasteiger charge is -2.35. The van der Waals surface area contributed by atoms with Crippen LogP contribution in [0.1, 0.15) is 15.9 Å². The van der Waals surface area contributed by atoms with Crippen LogP contribution in [0.3, 0.4) is 0 Å². The number of rotatable bonds is 3. The maximum absolute atomic E-state index is 12.7. The standard InChI is InChI=1S/C23H21N5OS/c29-20(17-8-3-1-4-9-17)26-22-27-23(18-10-5-2-6-11-18)16-28(14-19(23)15-30-22)21-24-12-7-13-25-21/h1-13,19H,14-16H2,(H,26,27,29). The van der Waals surface area contributed by atoms with Crippen LogP contribution in [-0.2, 0) is 5.54 Å². The molecule has 1 saturated heterocycles. The van der Waals surface area contributed by atoms with Crippen LogP contribution >= 0.6 is 11.8 Å². The minimum atomic E-state index is -0.439. The van der Waals surface area contributed by atoms with E-state index in [1.807, 2.05) is 54.6 Å². The van der Waals surface area contributed by atoms with E-state index in [4.69, 9.17) is 4.99 Å². The molecule has 2 unspecified atom stereocenters. The van der Waals surface area contributed by atoms with Gasteiger partial charge in [0, 0.05) is 36.2 Å². The average Bonchev–Trinajstić information content (AvgIpc) is 3.21. The number of carbonyl (C=O) groups excluding carboxylic acids is 1. The van der Waals surface area contributed by atoms with Crippen molar-refractivity contribution in [3.05, 3.63) is 90.3 Å². The summed E-state index contributed by atoms with van der Waals surface area (Å²) in [5.74, 6) is 1.75. The lowest BCUT2D eigenvalue weighted by Crippen LogP contribution is -2.42.